The van der Waals surface area contributed by atoms with Crippen LogP contribution in [0.1, 0.15) is 37.1 Å². The highest BCUT2D eigenvalue weighted by Gasteiger charge is 2.22. The van der Waals surface area contributed by atoms with E-state index in [0.29, 0.717) is 5.92 Å². The molecule has 15 heavy (non-hydrogen) atoms. The highest BCUT2D eigenvalue weighted by molar-refractivity contribution is 5.13. The van der Waals surface area contributed by atoms with Crippen molar-refractivity contribution in [3.05, 3.63) is 17.8 Å². The van der Waals surface area contributed by atoms with Crippen molar-refractivity contribution in [2.45, 2.75) is 32.2 Å². The summed E-state index contributed by atoms with van der Waals surface area (Å²) in [5, 5.41) is 3.28. The smallest absolute Gasteiger partial charge is 0.181 e. The molecule has 4 heteroatoms. The van der Waals surface area contributed by atoms with E-state index >= 15 is 0 Å². The molecule has 1 saturated heterocycles. The van der Waals surface area contributed by atoms with E-state index in [-0.39, 0.29) is 0 Å². The number of rotatable bonds is 4. The normalized spacial score (nSPS) is 18.2. The Morgan fingerprint density at radius 2 is 2.27 bits per heavy atom. The van der Waals surface area contributed by atoms with E-state index in [1.54, 1.807) is 6.39 Å². The average molecular weight is 210 g/mol. The predicted octanol–water partition coefficient (Wildman–Crippen LogP) is 1.68. The van der Waals surface area contributed by atoms with Crippen molar-refractivity contribution in [1.82, 2.24) is 10.3 Å². The molecule has 4 nitrogen and oxygen atoms in total. The van der Waals surface area contributed by atoms with E-state index in [0.717, 1.165) is 50.6 Å². The number of aromatic nitrogens is 1. The maximum absolute atomic E-state index is 5.49. The lowest BCUT2D eigenvalue weighted by molar-refractivity contribution is 0.0804. The maximum Gasteiger partial charge on any atom is 0.181 e. The van der Waals surface area contributed by atoms with E-state index in [4.69, 9.17) is 9.15 Å². The minimum Gasteiger partial charge on any atom is -0.448 e. The lowest BCUT2D eigenvalue weighted by Crippen LogP contribution is -2.18. The SMILES string of the molecule is CCNCc1ncoc1C1CCOCC1. The van der Waals surface area contributed by atoms with Gasteiger partial charge in [0.1, 0.15) is 5.76 Å². The van der Waals surface area contributed by atoms with Crippen LogP contribution in [0.4, 0.5) is 0 Å². The molecule has 0 spiro atoms. The first-order valence-electron chi connectivity index (χ1n) is 5.62. The Hall–Kier alpha value is -0.870. The van der Waals surface area contributed by atoms with Crippen molar-refractivity contribution >= 4 is 0 Å². The third kappa shape index (κ3) is 2.58. The predicted molar refractivity (Wildman–Crippen MR) is 56.7 cm³/mol. The zero-order valence-corrected chi connectivity index (χ0v) is 9.16. The molecule has 0 amide bonds. The molecule has 1 aliphatic heterocycles. The quantitative estimate of drug-likeness (QED) is 0.821. The van der Waals surface area contributed by atoms with E-state index in [1.807, 2.05) is 0 Å². The molecule has 0 unspecified atom stereocenters. The van der Waals surface area contributed by atoms with Gasteiger partial charge in [0.05, 0.1) is 5.69 Å². The fraction of sp³-hybridized carbons (Fsp3) is 0.727. The van der Waals surface area contributed by atoms with Gasteiger partial charge in [-0.15, -0.1) is 0 Å². The lowest BCUT2D eigenvalue weighted by atomic mass is 9.96. The minimum atomic E-state index is 0.495. The van der Waals surface area contributed by atoms with Crippen molar-refractivity contribution < 1.29 is 9.15 Å². The van der Waals surface area contributed by atoms with Crippen LogP contribution < -0.4 is 5.32 Å². The van der Waals surface area contributed by atoms with Crippen LogP contribution in [0.2, 0.25) is 0 Å². The van der Waals surface area contributed by atoms with Gasteiger partial charge in [0.15, 0.2) is 6.39 Å². The number of oxazole rings is 1. The van der Waals surface area contributed by atoms with Gasteiger partial charge in [-0.25, -0.2) is 4.98 Å². The molecule has 1 fully saturated rings. The van der Waals surface area contributed by atoms with Crippen LogP contribution in [0.5, 0.6) is 0 Å². The van der Waals surface area contributed by atoms with Gasteiger partial charge < -0.3 is 14.5 Å². The molecule has 0 saturated carbocycles. The summed E-state index contributed by atoms with van der Waals surface area (Å²) in [6.07, 6.45) is 3.65. The Kier molecular flexibility index (Phi) is 3.75. The van der Waals surface area contributed by atoms with Crippen LogP contribution in [0.3, 0.4) is 0 Å². The standard InChI is InChI=1S/C11H18N2O2/c1-2-12-7-10-11(15-8-13-10)9-3-5-14-6-4-9/h8-9,12H,2-7H2,1H3. The molecule has 84 valence electrons. The third-order valence-corrected chi connectivity index (χ3v) is 2.81. The molecule has 0 bridgehead atoms. The molecule has 1 aliphatic rings. The molecular weight excluding hydrogens is 192 g/mol. The van der Waals surface area contributed by atoms with Crippen molar-refractivity contribution in [2.75, 3.05) is 19.8 Å². The lowest BCUT2D eigenvalue weighted by Gasteiger charge is -2.20. The van der Waals surface area contributed by atoms with Crippen LogP contribution in [0.15, 0.2) is 10.8 Å². The molecule has 0 atom stereocenters. The van der Waals surface area contributed by atoms with Gasteiger partial charge >= 0.3 is 0 Å². The molecule has 1 aromatic rings. The van der Waals surface area contributed by atoms with Crippen LogP contribution in [0.25, 0.3) is 0 Å². The maximum atomic E-state index is 5.49. The molecule has 2 heterocycles. The second-order valence-electron chi connectivity index (χ2n) is 3.83. The van der Waals surface area contributed by atoms with Gasteiger partial charge in [-0.3, -0.25) is 0 Å². The van der Waals surface area contributed by atoms with Gasteiger partial charge in [0, 0.05) is 25.7 Å². The van der Waals surface area contributed by atoms with E-state index < -0.39 is 0 Å². The molecular formula is C11H18N2O2. The average Bonchev–Trinajstić information content (AvgIpc) is 2.75. The summed E-state index contributed by atoms with van der Waals surface area (Å²) in [6.45, 7) is 5.53. The monoisotopic (exact) mass is 210 g/mol. The summed E-state index contributed by atoms with van der Waals surface area (Å²) in [5.74, 6) is 1.55. The molecule has 1 aromatic heterocycles. The summed E-state index contributed by atoms with van der Waals surface area (Å²) in [5.41, 5.74) is 1.06. The number of nitrogens with one attached hydrogen (secondary N) is 1. The first-order valence-corrected chi connectivity index (χ1v) is 5.62. The molecule has 0 aliphatic carbocycles. The first kappa shape index (κ1) is 10.6. The highest BCUT2D eigenvalue weighted by Crippen LogP contribution is 2.28. The summed E-state index contributed by atoms with van der Waals surface area (Å²) in [4.78, 5) is 4.26. The topological polar surface area (TPSA) is 47.3 Å². The van der Waals surface area contributed by atoms with Gasteiger partial charge in [-0.05, 0) is 19.4 Å². The third-order valence-electron chi connectivity index (χ3n) is 2.81. The Bertz CT molecular complexity index is 293. The molecule has 0 radical (unpaired) electrons. The largest absolute Gasteiger partial charge is 0.448 e. The van der Waals surface area contributed by atoms with Gasteiger partial charge in [0.2, 0.25) is 0 Å². The van der Waals surface area contributed by atoms with Crippen LogP contribution >= 0.6 is 0 Å². The second kappa shape index (κ2) is 5.28. The highest BCUT2D eigenvalue weighted by atomic mass is 16.5. The summed E-state index contributed by atoms with van der Waals surface area (Å²) in [7, 11) is 0. The van der Waals surface area contributed by atoms with E-state index in [9.17, 15) is 0 Å². The zero-order valence-electron chi connectivity index (χ0n) is 9.16. The van der Waals surface area contributed by atoms with Crippen molar-refractivity contribution in [3.63, 3.8) is 0 Å². The first-order chi connectivity index (χ1) is 7.42. The van der Waals surface area contributed by atoms with Gasteiger partial charge in [-0.2, -0.15) is 0 Å². The van der Waals surface area contributed by atoms with Gasteiger partial charge in [0.25, 0.3) is 0 Å². The second-order valence-corrected chi connectivity index (χ2v) is 3.83. The molecule has 2 rings (SSSR count). The number of ether oxygens (including phenoxy) is 1. The van der Waals surface area contributed by atoms with Crippen LogP contribution in [0, 0.1) is 0 Å². The van der Waals surface area contributed by atoms with Crippen LogP contribution in [-0.4, -0.2) is 24.7 Å². The molecule has 1 N–H and O–H groups in total. The van der Waals surface area contributed by atoms with Crippen LogP contribution in [-0.2, 0) is 11.3 Å². The Balaban J connectivity index is 2.02. The van der Waals surface area contributed by atoms with Crippen molar-refractivity contribution in [2.24, 2.45) is 0 Å². The fourth-order valence-corrected chi connectivity index (χ4v) is 1.95. The Labute approximate surface area is 90.0 Å². The zero-order chi connectivity index (χ0) is 10.5. The Morgan fingerprint density at radius 1 is 1.47 bits per heavy atom. The number of nitrogens with zero attached hydrogens (tertiary/aromatic N) is 1. The van der Waals surface area contributed by atoms with Gasteiger partial charge in [-0.1, -0.05) is 6.92 Å². The van der Waals surface area contributed by atoms with E-state index in [1.165, 1.54) is 0 Å². The fourth-order valence-electron chi connectivity index (χ4n) is 1.95. The molecule has 0 aromatic carbocycles. The minimum absolute atomic E-state index is 0.495. The number of hydrogen-bond donors (Lipinski definition) is 1. The van der Waals surface area contributed by atoms with E-state index in [2.05, 4.69) is 17.2 Å². The Morgan fingerprint density at radius 3 is 3.00 bits per heavy atom. The summed E-state index contributed by atoms with van der Waals surface area (Å²) < 4.78 is 10.8. The van der Waals surface area contributed by atoms with Crippen molar-refractivity contribution in [1.29, 1.82) is 0 Å². The summed E-state index contributed by atoms with van der Waals surface area (Å²) >= 11 is 0. The number of hydrogen-bond acceptors (Lipinski definition) is 4. The summed E-state index contributed by atoms with van der Waals surface area (Å²) in [6, 6.07) is 0. The van der Waals surface area contributed by atoms with Crippen molar-refractivity contribution in [3.8, 4) is 0 Å².